The number of alkyl halides is 3. The summed E-state index contributed by atoms with van der Waals surface area (Å²) in [5, 5.41) is 9.16. The fourth-order valence-corrected chi connectivity index (χ4v) is 5.50. The van der Waals surface area contributed by atoms with Gasteiger partial charge in [0.15, 0.2) is 0 Å². The molecule has 1 saturated carbocycles. The standard InChI is InChI=1S/C26H28F3N5O2/c27-26(28,29)23-9-22(4-3-19(23)10-30)34-13-21(15-36-14-18-1-2-18)25(16-34)5-7-33(8-6-25)24(35)20-11-31-17-32-12-20/h3-4,9,11-12,17-18,21H,1-2,5-8,13-16H2. The molecule has 2 saturated heterocycles. The predicted octanol–water partition coefficient (Wildman–Crippen LogP) is 4.15. The zero-order valence-electron chi connectivity index (χ0n) is 19.9. The fraction of sp³-hybridized carbons (Fsp3) is 0.538. The molecule has 1 aromatic carbocycles. The Balaban J connectivity index is 1.34. The first-order chi connectivity index (χ1) is 17.3. The number of rotatable bonds is 6. The fourth-order valence-electron chi connectivity index (χ4n) is 5.50. The maximum Gasteiger partial charge on any atom is 0.417 e. The molecule has 1 aromatic heterocycles. The summed E-state index contributed by atoms with van der Waals surface area (Å²) >= 11 is 0. The third kappa shape index (κ3) is 5.03. The van der Waals surface area contributed by atoms with E-state index in [4.69, 9.17) is 10.00 Å². The maximum atomic E-state index is 13.6. The monoisotopic (exact) mass is 499 g/mol. The van der Waals surface area contributed by atoms with Crippen molar-refractivity contribution in [2.45, 2.75) is 31.9 Å². The molecule has 3 fully saturated rings. The third-order valence-corrected chi connectivity index (χ3v) is 7.83. The molecule has 1 unspecified atom stereocenters. The molecule has 0 radical (unpaired) electrons. The quantitative estimate of drug-likeness (QED) is 0.594. The van der Waals surface area contributed by atoms with Gasteiger partial charge in [0.25, 0.3) is 5.91 Å². The van der Waals surface area contributed by atoms with Gasteiger partial charge < -0.3 is 14.5 Å². The van der Waals surface area contributed by atoms with Crippen molar-refractivity contribution >= 4 is 11.6 Å². The van der Waals surface area contributed by atoms with Gasteiger partial charge in [-0.3, -0.25) is 4.79 Å². The van der Waals surface area contributed by atoms with Crippen molar-refractivity contribution in [1.82, 2.24) is 14.9 Å². The molecule has 0 bridgehead atoms. The van der Waals surface area contributed by atoms with Crippen LogP contribution in [0.1, 0.15) is 47.2 Å². The summed E-state index contributed by atoms with van der Waals surface area (Å²) in [4.78, 5) is 24.6. The summed E-state index contributed by atoms with van der Waals surface area (Å²) in [5.74, 6) is 0.654. The van der Waals surface area contributed by atoms with Crippen LogP contribution in [0.4, 0.5) is 18.9 Å². The molecule has 1 atom stereocenters. The molecular formula is C26H28F3N5O2. The van der Waals surface area contributed by atoms with E-state index in [1.807, 2.05) is 4.90 Å². The van der Waals surface area contributed by atoms with Crippen LogP contribution in [0.15, 0.2) is 36.9 Å². The Morgan fingerprint density at radius 2 is 1.89 bits per heavy atom. The van der Waals surface area contributed by atoms with Crippen LogP contribution in [0.2, 0.25) is 0 Å². The summed E-state index contributed by atoms with van der Waals surface area (Å²) in [6.45, 7) is 3.55. The highest BCUT2D eigenvalue weighted by Gasteiger charge is 2.49. The van der Waals surface area contributed by atoms with Crippen LogP contribution in [0.25, 0.3) is 0 Å². The number of ether oxygens (including phenoxy) is 1. The van der Waals surface area contributed by atoms with Crippen molar-refractivity contribution in [2.24, 2.45) is 17.3 Å². The van der Waals surface area contributed by atoms with E-state index >= 15 is 0 Å². The average molecular weight is 500 g/mol. The molecule has 1 spiro atoms. The van der Waals surface area contributed by atoms with E-state index in [1.165, 1.54) is 37.6 Å². The minimum absolute atomic E-state index is 0.108. The number of hydrogen-bond donors (Lipinski definition) is 0. The molecule has 10 heteroatoms. The molecule has 1 amide bonds. The number of halogens is 3. The molecule has 1 aliphatic carbocycles. The molecular weight excluding hydrogens is 471 g/mol. The van der Waals surface area contributed by atoms with Crippen molar-refractivity contribution in [3.63, 3.8) is 0 Å². The van der Waals surface area contributed by atoms with Crippen LogP contribution in [0.3, 0.4) is 0 Å². The minimum atomic E-state index is -4.60. The third-order valence-electron chi connectivity index (χ3n) is 7.83. The van der Waals surface area contributed by atoms with Crippen molar-refractivity contribution in [2.75, 3.05) is 44.3 Å². The van der Waals surface area contributed by atoms with E-state index in [2.05, 4.69) is 9.97 Å². The smallest absolute Gasteiger partial charge is 0.381 e. The van der Waals surface area contributed by atoms with Gasteiger partial charge in [0.05, 0.1) is 29.4 Å². The Kier molecular flexibility index (Phi) is 6.60. The lowest BCUT2D eigenvalue weighted by molar-refractivity contribution is -0.137. The summed E-state index contributed by atoms with van der Waals surface area (Å²) in [6.07, 6.45) is 3.66. The molecule has 2 aromatic rings. The second kappa shape index (κ2) is 9.69. The van der Waals surface area contributed by atoms with Crippen molar-refractivity contribution in [3.05, 3.63) is 53.6 Å². The van der Waals surface area contributed by atoms with Crippen LogP contribution in [-0.4, -0.2) is 60.2 Å². The summed E-state index contributed by atoms with van der Waals surface area (Å²) in [6, 6.07) is 5.60. The van der Waals surface area contributed by atoms with Crippen LogP contribution in [0.5, 0.6) is 0 Å². The molecule has 2 aliphatic heterocycles. The molecule has 0 N–H and O–H groups in total. The molecule has 5 rings (SSSR count). The van der Waals surface area contributed by atoms with E-state index in [-0.39, 0.29) is 22.8 Å². The lowest BCUT2D eigenvalue weighted by Crippen LogP contribution is -2.47. The van der Waals surface area contributed by atoms with Crippen molar-refractivity contribution in [1.29, 1.82) is 5.26 Å². The van der Waals surface area contributed by atoms with Crippen LogP contribution in [-0.2, 0) is 10.9 Å². The summed E-state index contributed by atoms with van der Waals surface area (Å²) in [5.41, 5.74) is -0.537. The van der Waals surface area contributed by atoms with Crippen LogP contribution >= 0.6 is 0 Å². The van der Waals surface area contributed by atoms with E-state index in [9.17, 15) is 18.0 Å². The lowest BCUT2D eigenvalue weighted by atomic mass is 9.71. The number of amides is 1. The number of nitriles is 1. The van der Waals surface area contributed by atoms with Gasteiger partial charge in [0.1, 0.15) is 6.33 Å². The van der Waals surface area contributed by atoms with Crippen molar-refractivity contribution in [3.8, 4) is 6.07 Å². The minimum Gasteiger partial charge on any atom is -0.381 e. The normalized spacial score (nSPS) is 21.6. The number of carbonyl (C=O) groups is 1. The number of piperidine rings is 1. The first-order valence-corrected chi connectivity index (χ1v) is 12.3. The topological polar surface area (TPSA) is 82.4 Å². The van der Waals surface area contributed by atoms with Crippen molar-refractivity contribution < 1.29 is 22.7 Å². The zero-order valence-corrected chi connectivity index (χ0v) is 19.9. The largest absolute Gasteiger partial charge is 0.417 e. The van der Waals surface area contributed by atoms with Gasteiger partial charge in [-0.25, -0.2) is 9.97 Å². The van der Waals surface area contributed by atoms with Gasteiger partial charge in [-0.05, 0) is 55.2 Å². The van der Waals surface area contributed by atoms with Gasteiger partial charge in [0, 0.05) is 56.8 Å². The van der Waals surface area contributed by atoms with Gasteiger partial charge >= 0.3 is 6.18 Å². The number of hydrogen-bond acceptors (Lipinski definition) is 6. The SMILES string of the molecule is N#Cc1ccc(N2CC(COCC3CC3)C3(CCN(C(=O)c4cncnc4)CC3)C2)cc1C(F)(F)F. The number of carbonyl (C=O) groups excluding carboxylic acids is 1. The molecule has 3 aliphatic rings. The first kappa shape index (κ1) is 24.5. The Morgan fingerprint density at radius 1 is 1.17 bits per heavy atom. The molecule has 7 nitrogen and oxygen atoms in total. The highest BCUT2D eigenvalue weighted by Crippen LogP contribution is 2.47. The number of likely N-dealkylation sites (tertiary alicyclic amines) is 1. The summed E-state index contributed by atoms with van der Waals surface area (Å²) in [7, 11) is 0. The van der Waals surface area contributed by atoms with E-state index in [1.54, 1.807) is 17.0 Å². The highest BCUT2D eigenvalue weighted by molar-refractivity contribution is 5.93. The zero-order chi connectivity index (χ0) is 25.3. The average Bonchev–Trinajstić information content (AvgIpc) is 3.65. The summed E-state index contributed by atoms with van der Waals surface area (Å²) < 4.78 is 46.9. The Morgan fingerprint density at radius 3 is 2.53 bits per heavy atom. The molecule has 190 valence electrons. The predicted molar refractivity (Wildman–Crippen MR) is 125 cm³/mol. The highest BCUT2D eigenvalue weighted by atomic mass is 19.4. The van der Waals surface area contributed by atoms with E-state index in [0.717, 1.165) is 25.5 Å². The Labute approximate surface area is 207 Å². The van der Waals surface area contributed by atoms with Gasteiger partial charge in [-0.1, -0.05) is 0 Å². The first-order valence-electron chi connectivity index (χ1n) is 12.3. The van der Waals surface area contributed by atoms with Gasteiger partial charge in [-0.2, -0.15) is 18.4 Å². The van der Waals surface area contributed by atoms with Gasteiger partial charge in [-0.15, -0.1) is 0 Å². The Hall–Kier alpha value is -3.19. The number of nitrogens with zero attached hydrogens (tertiary/aromatic N) is 5. The van der Waals surface area contributed by atoms with E-state index in [0.29, 0.717) is 50.0 Å². The van der Waals surface area contributed by atoms with E-state index < -0.39 is 11.7 Å². The lowest BCUT2D eigenvalue weighted by Gasteiger charge is -2.42. The molecule has 3 heterocycles. The van der Waals surface area contributed by atoms with Crippen LogP contribution in [0, 0.1) is 28.6 Å². The number of benzene rings is 1. The number of anilines is 1. The Bertz CT molecular complexity index is 1140. The second-order valence-corrected chi connectivity index (χ2v) is 10.2. The van der Waals surface area contributed by atoms with Crippen LogP contribution < -0.4 is 4.90 Å². The van der Waals surface area contributed by atoms with Gasteiger partial charge in [0.2, 0.25) is 0 Å². The molecule has 36 heavy (non-hydrogen) atoms. The second-order valence-electron chi connectivity index (χ2n) is 10.2. The number of aromatic nitrogens is 2. The maximum absolute atomic E-state index is 13.6.